The van der Waals surface area contributed by atoms with Crippen molar-refractivity contribution < 1.29 is 4.79 Å². The summed E-state index contributed by atoms with van der Waals surface area (Å²) in [6.45, 7) is 1.68. The molecule has 1 unspecified atom stereocenters. The third-order valence-electron chi connectivity index (χ3n) is 4.87. The molecule has 1 saturated carbocycles. The lowest BCUT2D eigenvalue weighted by atomic mass is 10.2. The molecule has 1 atom stereocenters. The molecule has 2 aliphatic rings. The molecule has 1 aliphatic carbocycles. The van der Waals surface area contributed by atoms with E-state index in [1.54, 1.807) is 12.1 Å². The van der Waals surface area contributed by atoms with Gasteiger partial charge in [-0.15, -0.1) is 5.10 Å². The lowest BCUT2D eigenvalue weighted by molar-refractivity contribution is -0.128. The van der Waals surface area contributed by atoms with Gasteiger partial charge in [0.15, 0.2) is 0 Å². The van der Waals surface area contributed by atoms with Crippen LogP contribution in [-0.2, 0) is 4.79 Å². The zero-order valence-corrected chi connectivity index (χ0v) is 13.9. The Balaban J connectivity index is 1.29. The van der Waals surface area contributed by atoms with Crippen LogP contribution < -0.4 is 5.32 Å². The molecule has 1 aromatic heterocycles. The highest BCUT2D eigenvalue weighted by Gasteiger charge is 2.31. The fourth-order valence-corrected chi connectivity index (χ4v) is 3.17. The van der Waals surface area contributed by atoms with Crippen LogP contribution in [0.3, 0.4) is 0 Å². The number of carbonyl (C=O) groups excluding carboxylic acids is 1. The number of likely N-dealkylation sites (tertiary alicyclic amines) is 1. The Labute approximate surface area is 146 Å². The molecular weight excluding hydrogens is 316 g/mol. The zero-order valence-electron chi connectivity index (χ0n) is 13.9. The van der Waals surface area contributed by atoms with Gasteiger partial charge in [-0.25, -0.2) is 4.68 Å². The topological polar surface area (TPSA) is 86.8 Å². The number of anilines is 1. The third kappa shape index (κ3) is 3.48. The van der Waals surface area contributed by atoms with Crippen LogP contribution in [0.15, 0.2) is 30.5 Å². The number of carbonyl (C=O) groups is 1. The van der Waals surface area contributed by atoms with Crippen molar-refractivity contribution >= 4 is 11.6 Å². The first-order valence-corrected chi connectivity index (χ1v) is 8.66. The molecule has 1 aliphatic heterocycles. The molecule has 2 fully saturated rings. The molecule has 0 bridgehead atoms. The lowest BCUT2D eigenvalue weighted by Gasteiger charge is -2.17. The minimum atomic E-state index is 0.0781. The summed E-state index contributed by atoms with van der Waals surface area (Å²) >= 11 is 0. The molecule has 1 amide bonds. The summed E-state index contributed by atoms with van der Waals surface area (Å²) in [6.07, 6.45) is 5.39. The Morgan fingerprint density at radius 1 is 1.28 bits per heavy atom. The highest BCUT2D eigenvalue weighted by atomic mass is 16.2. The molecule has 1 aromatic carbocycles. The van der Waals surface area contributed by atoms with Crippen molar-refractivity contribution in [3.63, 3.8) is 0 Å². The van der Waals surface area contributed by atoms with Gasteiger partial charge in [-0.1, -0.05) is 5.21 Å². The first-order valence-electron chi connectivity index (χ1n) is 8.66. The quantitative estimate of drug-likeness (QED) is 0.901. The van der Waals surface area contributed by atoms with Crippen molar-refractivity contribution in [1.82, 2.24) is 19.9 Å². The van der Waals surface area contributed by atoms with E-state index in [2.05, 4.69) is 21.7 Å². The maximum absolute atomic E-state index is 12.4. The largest absolute Gasteiger partial charge is 0.376 e. The van der Waals surface area contributed by atoms with E-state index in [0.29, 0.717) is 18.0 Å². The van der Waals surface area contributed by atoms with Gasteiger partial charge in [-0.3, -0.25) is 4.79 Å². The van der Waals surface area contributed by atoms with Gasteiger partial charge in [0, 0.05) is 30.9 Å². The maximum Gasteiger partial charge on any atom is 0.241 e. The SMILES string of the molecule is N#Cc1ccc(NCC(=O)N2CCC(n3cc(C4CC4)nn3)C2)cc1. The predicted octanol–water partition coefficient (Wildman–Crippen LogP) is 1.91. The van der Waals surface area contributed by atoms with E-state index in [4.69, 9.17) is 5.26 Å². The molecule has 1 saturated heterocycles. The molecule has 2 aromatic rings. The number of aromatic nitrogens is 3. The van der Waals surface area contributed by atoms with Crippen molar-refractivity contribution in [2.45, 2.75) is 31.2 Å². The van der Waals surface area contributed by atoms with Crippen LogP contribution in [0.5, 0.6) is 0 Å². The van der Waals surface area contributed by atoms with Gasteiger partial charge in [0.25, 0.3) is 0 Å². The van der Waals surface area contributed by atoms with Gasteiger partial charge in [-0.05, 0) is 43.5 Å². The van der Waals surface area contributed by atoms with Crippen molar-refractivity contribution in [1.29, 1.82) is 5.26 Å². The monoisotopic (exact) mass is 336 g/mol. The summed E-state index contributed by atoms with van der Waals surface area (Å²) in [5.74, 6) is 0.680. The third-order valence-corrected chi connectivity index (χ3v) is 4.87. The molecule has 1 N–H and O–H groups in total. The summed E-state index contributed by atoms with van der Waals surface area (Å²) in [4.78, 5) is 14.3. The fourth-order valence-electron chi connectivity index (χ4n) is 3.17. The number of benzene rings is 1. The number of nitrogens with zero attached hydrogens (tertiary/aromatic N) is 5. The van der Waals surface area contributed by atoms with Crippen LogP contribution in [0.1, 0.15) is 42.5 Å². The van der Waals surface area contributed by atoms with Gasteiger partial charge < -0.3 is 10.2 Å². The molecule has 128 valence electrons. The number of nitrogens with one attached hydrogen (secondary N) is 1. The van der Waals surface area contributed by atoms with E-state index in [1.807, 2.05) is 27.9 Å². The second-order valence-electron chi connectivity index (χ2n) is 6.72. The van der Waals surface area contributed by atoms with Gasteiger partial charge in [-0.2, -0.15) is 5.26 Å². The van der Waals surface area contributed by atoms with E-state index in [1.165, 1.54) is 12.8 Å². The fraction of sp³-hybridized carbons (Fsp3) is 0.444. The molecule has 25 heavy (non-hydrogen) atoms. The van der Waals surface area contributed by atoms with Crippen LogP contribution in [0.25, 0.3) is 0 Å². The Bertz CT molecular complexity index is 802. The number of hydrogen-bond acceptors (Lipinski definition) is 5. The van der Waals surface area contributed by atoms with Crippen LogP contribution in [0.4, 0.5) is 5.69 Å². The number of amides is 1. The van der Waals surface area contributed by atoms with E-state index in [9.17, 15) is 4.79 Å². The Morgan fingerprint density at radius 3 is 2.80 bits per heavy atom. The van der Waals surface area contributed by atoms with E-state index < -0.39 is 0 Å². The van der Waals surface area contributed by atoms with Crippen LogP contribution in [0.2, 0.25) is 0 Å². The van der Waals surface area contributed by atoms with Crippen LogP contribution in [0, 0.1) is 11.3 Å². The van der Waals surface area contributed by atoms with Crippen molar-refractivity contribution in [3.05, 3.63) is 41.7 Å². The Morgan fingerprint density at radius 2 is 2.08 bits per heavy atom. The molecule has 0 radical (unpaired) electrons. The highest BCUT2D eigenvalue weighted by Crippen LogP contribution is 2.39. The zero-order chi connectivity index (χ0) is 17.2. The highest BCUT2D eigenvalue weighted by molar-refractivity contribution is 5.81. The second kappa shape index (κ2) is 6.55. The average Bonchev–Trinajstić information content (AvgIpc) is 3.18. The molecule has 7 nitrogen and oxygen atoms in total. The van der Waals surface area contributed by atoms with Gasteiger partial charge >= 0.3 is 0 Å². The summed E-state index contributed by atoms with van der Waals surface area (Å²) in [7, 11) is 0. The second-order valence-corrected chi connectivity index (χ2v) is 6.72. The van der Waals surface area contributed by atoms with E-state index in [-0.39, 0.29) is 18.5 Å². The van der Waals surface area contributed by atoms with Crippen molar-refractivity contribution in [3.8, 4) is 6.07 Å². The number of nitriles is 1. The summed E-state index contributed by atoms with van der Waals surface area (Å²) < 4.78 is 1.93. The molecular formula is C18H20N6O. The summed E-state index contributed by atoms with van der Waals surface area (Å²) in [6, 6.07) is 9.40. The summed E-state index contributed by atoms with van der Waals surface area (Å²) in [5, 5.41) is 20.4. The first kappa shape index (κ1) is 15.6. The number of rotatable bonds is 5. The van der Waals surface area contributed by atoms with Gasteiger partial charge in [0.2, 0.25) is 5.91 Å². The normalized spacial score (nSPS) is 19.6. The summed E-state index contributed by atoms with van der Waals surface area (Å²) in [5.41, 5.74) is 2.54. The smallest absolute Gasteiger partial charge is 0.241 e. The minimum absolute atomic E-state index is 0.0781. The molecule has 2 heterocycles. The van der Waals surface area contributed by atoms with E-state index in [0.717, 1.165) is 24.3 Å². The molecule has 7 heteroatoms. The Hall–Kier alpha value is -2.88. The number of hydrogen-bond donors (Lipinski definition) is 1. The van der Waals surface area contributed by atoms with Crippen LogP contribution >= 0.6 is 0 Å². The first-order chi connectivity index (χ1) is 12.2. The van der Waals surface area contributed by atoms with Gasteiger partial charge in [0.05, 0.1) is 29.9 Å². The van der Waals surface area contributed by atoms with Crippen molar-refractivity contribution in [2.24, 2.45) is 0 Å². The van der Waals surface area contributed by atoms with Crippen LogP contribution in [-0.4, -0.2) is 45.4 Å². The minimum Gasteiger partial charge on any atom is -0.376 e. The van der Waals surface area contributed by atoms with E-state index >= 15 is 0 Å². The predicted molar refractivity (Wildman–Crippen MR) is 91.9 cm³/mol. The van der Waals surface area contributed by atoms with Gasteiger partial charge in [0.1, 0.15) is 0 Å². The Kier molecular flexibility index (Phi) is 4.10. The molecule has 4 rings (SSSR count). The standard InChI is InChI=1S/C18H20N6O/c19-9-13-1-5-15(6-2-13)20-10-18(25)23-8-7-16(11-23)24-12-17(21-22-24)14-3-4-14/h1-2,5-6,12,14,16,20H,3-4,7-8,10-11H2. The average molecular weight is 336 g/mol. The maximum atomic E-state index is 12.4. The molecule has 0 spiro atoms. The lowest BCUT2D eigenvalue weighted by Crippen LogP contribution is -2.34. The van der Waals surface area contributed by atoms with Crippen molar-refractivity contribution in [2.75, 3.05) is 25.0 Å².